The van der Waals surface area contributed by atoms with Crippen LogP contribution in [0.3, 0.4) is 0 Å². The lowest BCUT2D eigenvalue weighted by Gasteiger charge is -2.21. The summed E-state index contributed by atoms with van der Waals surface area (Å²) in [5, 5.41) is 10.6. The highest BCUT2D eigenvalue weighted by Gasteiger charge is 2.30. The molecule has 0 spiro atoms. The fourth-order valence-electron chi connectivity index (χ4n) is 10.4. The number of unbranched alkanes of at least 4 members (excludes halogenated alkanes) is 34. The van der Waals surface area contributed by atoms with Crippen LogP contribution in [0.4, 0.5) is 0 Å². The highest BCUT2D eigenvalue weighted by atomic mass is 31.2. The van der Waals surface area contributed by atoms with Crippen molar-refractivity contribution in [1.29, 1.82) is 0 Å². The van der Waals surface area contributed by atoms with E-state index in [1.54, 1.807) is 0 Å². The maximum Gasteiger partial charge on any atom is 0.472 e. The van der Waals surface area contributed by atoms with Gasteiger partial charge >= 0.3 is 39.5 Å². The second-order valence-electron chi connectivity index (χ2n) is 26.0. The van der Waals surface area contributed by atoms with Gasteiger partial charge in [0.2, 0.25) is 0 Å². The number of ether oxygens (including phenoxy) is 4. The first-order valence-electron chi connectivity index (χ1n) is 38.8. The predicted molar refractivity (Wildman–Crippen MR) is 399 cm³/mol. The third-order valence-electron chi connectivity index (χ3n) is 16.4. The minimum atomic E-state index is -4.99. The molecule has 568 valence electrons. The molecule has 0 amide bonds. The molecular formula is C79H140O17P2. The summed E-state index contributed by atoms with van der Waals surface area (Å²) in [5.74, 6) is -2.25. The number of hydrogen-bond acceptors (Lipinski definition) is 15. The normalized spacial score (nSPS) is 14.4. The van der Waals surface area contributed by atoms with Crippen LogP contribution in [0.25, 0.3) is 0 Å². The van der Waals surface area contributed by atoms with Crippen molar-refractivity contribution < 1.29 is 80.2 Å². The first-order valence-corrected chi connectivity index (χ1v) is 41.8. The predicted octanol–water partition coefficient (Wildman–Crippen LogP) is 22.2. The molecular weight excluding hydrogens is 1280 g/mol. The number of hydrogen-bond donors (Lipinski definition) is 3. The summed E-state index contributed by atoms with van der Waals surface area (Å²) in [6.07, 6.45) is 72.9. The molecule has 0 radical (unpaired) electrons. The van der Waals surface area contributed by atoms with E-state index in [4.69, 9.17) is 37.0 Å². The van der Waals surface area contributed by atoms with Crippen LogP contribution in [0.5, 0.6) is 0 Å². The van der Waals surface area contributed by atoms with Gasteiger partial charge in [-0.1, -0.05) is 280 Å². The van der Waals surface area contributed by atoms with E-state index < -0.39 is 97.5 Å². The van der Waals surface area contributed by atoms with E-state index >= 15 is 0 Å². The van der Waals surface area contributed by atoms with Crippen LogP contribution in [0.15, 0.2) is 85.1 Å². The molecule has 0 aromatic carbocycles. The molecule has 2 unspecified atom stereocenters. The molecule has 0 rings (SSSR count). The number of allylic oxidation sites excluding steroid dienone is 14. The molecule has 0 bridgehead atoms. The minimum absolute atomic E-state index is 0.0168. The highest BCUT2D eigenvalue weighted by molar-refractivity contribution is 7.47. The number of esters is 4. The van der Waals surface area contributed by atoms with Crippen LogP contribution in [0.2, 0.25) is 0 Å². The summed E-state index contributed by atoms with van der Waals surface area (Å²) in [7, 11) is -9.96. The van der Waals surface area contributed by atoms with Gasteiger partial charge < -0.3 is 33.8 Å². The van der Waals surface area contributed by atoms with Gasteiger partial charge in [0.1, 0.15) is 19.3 Å². The Morgan fingerprint density at radius 3 is 0.908 bits per heavy atom. The van der Waals surface area contributed by atoms with Gasteiger partial charge in [0.25, 0.3) is 0 Å². The maximum absolute atomic E-state index is 13.1. The Morgan fingerprint density at radius 1 is 0.296 bits per heavy atom. The minimum Gasteiger partial charge on any atom is -0.462 e. The van der Waals surface area contributed by atoms with Gasteiger partial charge in [-0.15, -0.1) is 0 Å². The van der Waals surface area contributed by atoms with Crippen molar-refractivity contribution in [3.63, 3.8) is 0 Å². The Balaban J connectivity index is 5.40. The zero-order valence-corrected chi connectivity index (χ0v) is 63.7. The first kappa shape index (κ1) is 94.2. The largest absolute Gasteiger partial charge is 0.472 e. The van der Waals surface area contributed by atoms with Crippen molar-refractivity contribution >= 4 is 39.5 Å². The van der Waals surface area contributed by atoms with Gasteiger partial charge in [-0.05, 0) is 116 Å². The summed E-state index contributed by atoms with van der Waals surface area (Å²) < 4.78 is 68.4. The van der Waals surface area contributed by atoms with Gasteiger partial charge in [0.15, 0.2) is 12.2 Å². The quantitative estimate of drug-likeness (QED) is 0.0128. The van der Waals surface area contributed by atoms with Crippen LogP contribution in [0, 0.1) is 0 Å². The summed E-state index contributed by atoms with van der Waals surface area (Å²) in [5.41, 5.74) is 0. The Bertz CT molecular complexity index is 2190. The zero-order valence-electron chi connectivity index (χ0n) is 62.0. The lowest BCUT2D eigenvalue weighted by Crippen LogP contribution is -2.30. The van der Waals surface area contributed by atoms with Crippen molar-refractivity contribution in [3.8, 4) is 0 Å². The molecule has 19 heteroatoms. The Hall–Kier alpha value is -3.76. The molecule has 98 heavy (non-hydrogen) atoms. The molecule has 0 aliphatic heterocycles. The van der Waals surface area contributed by atoms with Gasteiger partial charge in [-0.25, -0.2) is 9.13 Å². The number of carbonyl (C=O) groups is 4. The molecule has 0 saturated heterocycles. The zero-order chi connectivity index (χ0) is 71.8. The van der Waals surface area contributed by atoms with E-state index in [1.807, 2.05) is 12.2 Å². The van der Waals surface area contributed by atoms with Crippen LogP contribution in [0.1, 0.15) is 336 Å². The van der Waals surface area contributed by atoms with E-state index in [1.165, 1.54) is 128 Å². The second-order valence-corrected chi connectivity index (χ2v) is 28.9. The molecule has 0 aromatic heterocycles. The monoisotopic (exact) mass is 1420 g/mol. The Kier molecular flexibility index (Phi) is 68.9. The third-order valence-corrected chi connectivity index (χ3v) is 18.3. The number of rotatable bonds is 73. The third kappa shape index (κ3) is 70.7. The van der Waals surface area contributed by atoms with Crippen LogP contribution >= 0.6 is 15.6 Å². The van der Waals surface area contributed by atoms with Gasteiger partial charge in [0.05, 0.1) is 26.4 Å². The standard InChI is InChI=1S/C79H140O17P2/c1-5-9-13-17-21-25-29-33-35-36-38-42-46-50-54-58-62-66-79(84)96-75(70-90-77(82)64-60-56-52-48-44-41-37-34-30-26-22-18-14-10-6-2)72-94-98(87,88)92-68-73(80)67-91-97(85,86)93-71-74(95-78(83)65-61-57-53-49-45-40-32-28-24-20-16-12-8-4)69-89-76(81)63-59-55-51-47-43-39-31-27-23-19-15-11-7-3/h21,25-26,28,30,32-35,37-38,42,50,54,73-75,80H,5-20,22-24,27,29,31,36,39-41,43-49,51-53,55-72H2,1-4H3,(H,85,86)(H,87,88)/b25-21-,30-26-,32-28-,35-33-,37-34-,42-38-,54-50-/t73-,74+,75+/m0/s1. The second kappa shape index (κ2) is 71.6. The number of phosphoric acid groups is 2. The molecule has 0 saturated carbocycles. The highest BCUT2D eigenvalue weighted by Crippen LogP contribution is 2.45. The van der Waals surface area contributed by atoms with Crippen molar-refractivity contribution in [2.75, 3.05) is 39.6 Å². The molecule has 0 aliphatic carbocycles. The lowest BCUT2D eigenvalue weighted by atomic mass is 10.0. The Labute approximate surface area is 595 Å². The molecule has 0 aliphatic rings. The smallest absolute Gasteiger partial charge is 0.462 e. The van der Waals surface area contributed by atoms with Crippen molar-refractivity contribution in [2.24, 2.45) is 0 Å². The fourth-order valence-corrected chi connectivity index (χ4v) is 12.0. The molecule has 0 heterocycles. The lowest BCUT2D eigenvalue weighted by molar-refractivity contribution is -0.161. The fraction of sp³-hybridized carbons (Fsp3) is 0.772. The number of aliphatic hydroxyl groups is 1. The van der Waals surface area contributed by atoms with Crippen LogP contribution < -0.4 is 0 Å². The summed E-state index contributed by atoms with van der Waals surface area (Å²) >= 11 is 0. The van der Waals surface area contributed by atoms with Crippen molar-refractivity contribution in [3.05, 3.63) is 85.1 Å². The number of aliphatic hydroxyl groups excluding tert-OH is 1. The summed E-state index contributed by atoms with van der Waals surface area (Å²) in [6.45, 7) is 4.75. The van der Waals surface area contributed by atoms with E-state index in [-0.39, 0.29) is 25.7 Å². The van der Waals surface area contributed by atoms with Gasteiger partial charge in [0, 0.05) is 25.7 Å². The molecule has 0 aromatic rings. The maximum atomic E-state index is 13.1. The van der Waals surface area contributed by atoms with E-state index in [9.17, 15) is 43.2 Å². The number of phosphoric ester groups is 2. The van der Waals surface area contributed by atoms with E-state index in [0.29, 0.717) is 32.1 Å². The topological polar surface area (TPSA) is 237 Å². The first-order chi connectivity index (χ1) is 47.7. The average Bonchev–Trinajstić information content (AvgIpc) is 1.02. The van der Waals surface area contributed by atoms with Gasteiger partial charge in [-0.2, -0.15) is 0 Å². The Morgan fingerprint density at radius 2 is 0.541 bits per heavy atom. The summed E-state index contributed by atoms with van der Waals surface area (Å²) in [4.78, 5) is 72.8. The average molecular weight is 1420 g/mol. The summed E-state index contributed by atoms with van der Waals surface area (Å²) in [6, 6.07) is 0. The van der Waals surface area contributed by atoms with Crippen LogP contribution in [-0.4, -0.2) is 96.7 Å². The SMILES string of the molecule is CCCCC/C=C\C/C=C\C/C=C\C/C=C\CCCC(=O)O[C@H](COC(=O)CCCCCCC/C=C\C=C/CCCCCC)COP(=O)(O)OC[C@@H](O)COP(=O)(O)OC[C@@H](COC(=O)CCCCCCCCCCCCCCC)OC(=O)CCCCCCC/C=C\CCCCCC. The number of carbonyl (C=O) groups excluding carboxylic acids is 4. The van der Waals surface area contributed by atoms with E-state index in [2.05, 4.69) is 101 Å². The molecule has 5 atom stereocenters. The van der Waals surface area contributed by atoms with Crippen molar-refractivity contribution in [1.82, 2.24) is 0 Å². The molecule has 17 nitrogen and oxygen atoms in total. The van der Waals surface area contributed by atoms with E-state index in [0.717, 1.165) is 122 Å². The van der Waals surface area contributed by atoms with Crippen molar-refractivity contribution in [2.45, 2.75) is 354 Å². The molecule has 3 N–H and O–H groups in total. The van der Waals surface area contributed by atoms with Crippen LogP contribution in [-0.2, 0) is 65.4 Å². The van der Waals surface area contributed by atoms with Gasteiger partial charge in [-0.3, -0.25) is 37.3 Å². The molecule has 0 fully saturated rings.